The molecule has 1 heteroatoms. The van der Waals surface area contributed by atoms with Gasteiger partial charge in [-0.1, -0.05) is 67.0 Å². The van der Waals surface area contributed by atoms with Crippen LogP contribution in [0.25, 0.3) is 0 Å². The molecule has 182 valence electrons. The van der Waals surface area contributed by atoms with Crippen molar-refractivity contribution in [1.82, 2.24) is 0 Å². The van der Waals surface area contributed by atoms with Crippen LogP contribution in [0.15, 0.2) is 11.6 Å². The first-order chi connectivity index (χ1) is 14.7. The normalized spacial score (nSPS) is 53.8. The summed E-state index contributed by atoms with van der Waals surface area (Å²) in [5.74, 6) is 2.42. The number of hydrogen-bond acceptors (Lipinski definition) is 1. The number of methoxy groups -OCH3 is 1. The lowest BCUT2D eigenvalue weighted by Crippen LogP contribution is -2.64. The van der Waals surface area contributed by atoms with Crippen molar-refractivity contribution in [3.05, 3.63) is 11.6 Å². The van der Waals surface area contributed by atoms with E-state index in [-0.39, 0.29) is 5.41 Å². The second-order valence-electron chi connectivity index (χ2n) is 15.5. The van der Waals surface area contributed by atoms with Gasteiger partial charge in [-0.15, -0.1) is 0 Å². The molecule has 32 heavy (non-hydrogen) atoms. The van der Waals surface area contributed by atoms with E-state index in [1.807, 2.05) is 12.7 Å². The van der Waals surface area contributed by atoms with Crippen molar-refractivity contribution in [2.45, 2.75) is 126 Å². The van der Waals surface area contributed by atoms with E-state index in [2.05, 4.69) is 61.5 Å². The first-order valence-corrected chi connectivity index (χ1v) is 14.0. The Balaban J connectivity index is 1.56. The fraction of sp³-hybridized carbons (Fsp3) is 0.935. The summed E-state index contributed by atoms with van der Waals surface area (Å²) in [6.07, 6.45) is 17.1. The summed E-state index contributed by atoms with van der Waals surface area (Å²) in [6, 6.07) is 0. The quantitative estimate of drug-likeness (QED) is 0.370. The Morgan fingerprint density at radius 3 is 2.16 bits per heavy atom. The summed E-state index contributed by atoms with van der Waals surface area (Å²) in [5, 5.41) is 0. The number of ether oxygens (including phenoxy) is 1. The maximum atomic E-state index is 6.05. The van der Waals surface area contributed by atoms with Crippen molar-refractivity contribution in [3.8, 4) is 0 Å². The highest BCUT2D eigenvalue weighted by molar-refractivity contribution is 5.33. The van der Waals surface area contributed by atoms with Crippen molar-refractivity contribution in [2.75, 3.05) is 7.11 Å². The van der Waals surface area contributed by atoms with Crippen molar-refractivity contribution in [3.63, 3.8) is 0 Å². The molecule has 0 saturated heterocycles. The summed E-state index contributed by atoms with van der Waals surface area (Å²) >= 11 is 0. The van der Waals surface area contributed by atoms with E-state index in [0.717, 1.165) is 17.8 Å². The maximum Gasteiger partial charge on any atom is 0.0625 e. The molecule has 0 aromatic carbocycles. The average molecular weight is 441 g/mol. The van der Waals surface area contributed by atoms with Crippen molar-refractivity contribution in [2.24, 2.45) is 50.2 Å². The third-order valence-electron chi connectivity index (χ3n) is 13.3. The Labute approximate surface area is 199 Å². The van der Waals surface area contributed by atoms with Crippen LogP contribution in [0.1, 0.15) is 120 Å². The van der Waals surface area contributed by atoms with Crippen LogP contribution < -0.4 is 0 Å². The fourth-order valence-corrected chi connectivity index (χ4v) is 10.9. The predicted octanol–water partition coefficient (Wildman–Crippen LogP) is 8.82. The minimum absolute atomic E-state index is 0.284. The molecular formula is C31H52O. The van der Waals surface area contributed by atoms with Gasteiger partial charge in [0.2, 0.25) is 0 Å². The Hall–Kier alpha value is -0.300. The number of allylic oxidation sites excluding steroid dienone is 2. The second kappa shape index (κ2) is 6.89. The molecule has 0 bridgehead atoms. The van der Waals surface area contributed by atoms with Gasteiger partial charge in [0, 0.05) is 7.11 Å². The maximum absolute atomic E-state index is 6.05. The standard InChI is InChI=1S/C31H52O/c1-26(2)16-17-28(5)18-19-30(7)21(22(28)20-26)10-11-24-29(6)14-13-25(32-9)27(3,4)23(29)12-15-31(24,30)8/h10,22-25H,11-20H2,1-9H3/t22-,23?,24-,25?,28-,29+,30-,31-/m1/s1. The summed E-state index contributed by atoms with van der Waals surface area (Å²) in [7, 11) is 1.95. The van der Waals surface area contributed by atoms with Crippen LogP contribution in [0.3, 0.4) is 0 Å². The molecule has 0 radical (unpaired) electrons. The average Bonchev–Trinajstić information content (AvgIpc) is 2.69. The zero-order valence-corrected chi connectivity index (χ0v) is 22.9. The first kappa shape index (κ1) is 23.4. The van der Waals surface area contributed by atoms with Gasteiger partial charge in [0.1, 0.15) is 0 Å². The molecule has 8 atom stereocenters. The molecule has 5 aliphatic rings. The predicted molar refractivity (Wildman–Crippen MR) is 136 cm³/mol. The van der Waals surface area contributed by atoms with Gasteiger partial charge in [-0.3, -0.25) is 0 Å². The van der Waals surface area contributed by atoms with Crippen molar-refractivity contribution in [1.29, 1.82) is 0 Å². The molecule has 2 unspecified atom stereocenters. The van der Waals surface area contributed by atoms with E-state index in [9.17, 15) is 0 Å². The molecule has 0 aliphatic heterocycles. The lowest BCUT2D eigenvalue weighted by Gasteiger charge is -2.71. The smallest absolute Gasteiger partial charge is 0.0625 e. The highest BCUT2D eigenvalue weighted by Gasteiger charge is 2.67. The van der Waals surface area contributed by atoms with Crippen LogP contribution in [-0.4, -0.2) is 13.2 Å². The lowest BCUT2D eigenvalue weighted by molar-refractivity contribution is -0.207. The third-order valence-corrected chi connectivity index (χ3v) is 13.3. The summed E-state index contributed by atoms with van der Waals surface area (Å²) < 4.78 is 6.05. The van der Waals surface area contributed by atoms with Crippen molar-refractivity contribution >= 4 is 0 Å². The molecule has 0 N–H and O–H groups in total. The number of fused-ring (bicyclic) bond motifs is 7. The largest absolute Gasteiger partial charge is 0.381 e. The molecule has 5 aliphatic carbocycles. The van der Waals surface area contributed by atoms with Crippen LogP contribution >= 0.6 is 0 Å². The SMILES string of the molecule is COC1CC[C@@]2(C)C(CC[C@]3(C)[C@@H]2CC=C2[C@H]4CC(C)(C)CC[C@]4(C)CC[C@]23C)C1(C)C. The molecule has 0 aromatic heterocycles. The van der Waals surface area contributed by atoms with E-state index in [4.69, 9.17) is 4.74 Å². The molecule has 1 nitrogen and oxygen atoms in total. The Kier molecular flexibility index (Phi) is 5.05. The monoisotopic (exact) mass is 440 g/mol. The van der Waals surface area contributed by atoms with E-state index < -0.39 is 0 Å². The van der Waals surface area contributed by atoms with Crippen LogP contribution in [-0.2, 0) is 4.74 Å². The van der Waals surface area contributed by atoms with E-state index in [0.29, 0.717) is 33.2 Å². The van der Waals surface area contributed by atoms with E-state index in [1.54, 1.807) is 0 Å². The van der Waals surface area contributed by atoms with Crippen LogP contribution in [0.5, 0.6) is 0 Å². The molecular weight excluding hydrogens is 388 g/mol. The van der Waals surface area contributed by atoms with Gasteiger partial charge in [-0.05, 0) is 114 Å². The van der Waals surface area contributed by atoms with E-state index >= 15 is 0 Å². The highest BCUT2D eigenvalue weighted by atomic mass is 16.5. The van der Waals surface area contributed by atoms with Crippen molar-refractivity contribution < 1.29 is 4.74 Å². The van der Waals surface area contributed by atoms with Gasteiger partial charge in [-0.2, -0.15) is 0 Å². The number of hydrogen-bond donors (Lipinski definition) is 0. The zero-order valence-electron chi connectivity index (χ0n) is 22.9. The molecule has 5 rings (SSSR count). The molecule has 0 aromatic rings. The van der Waals surface area contributed by atoms with Gasteiger partial charge >= 0.3 is 0 Å². The Morgan fingerprint density at radius 2 is 1.47 bits per heavy atom. The third kappa shape index (κ3) is 2.85. The minimum Gasteiger partial charge on any atom is -0.381 e. The van der Waals surface area contributed by atoms with Crippen LogP contribution in [0, 0.1) is 50.2 Å². The highest BCUT2D eigenvalue weighted by Crippen LogP contribution is 2.75. The summed E-state index contributed by atoms with van der Waals surface area (Å²) in [6.45, 7) is 20.9. The second-order valence-corrected chi connectivity index (χ2v) is 15.5. The van der Waals surface area contributed by atoms with Gasteiger partial charge in [0.15, 0.2) is 0 Å². The zero-order chi connectivity index (χ0) is 23.4. The summed E-state index contributed by atoms with van der Waals surface area (Å²) in [5.41, 5.74) is 4.53. The molecule has 0 spiro atoms. The summed E-state index contributed by atoms with van der Waals surface area (Å²) in [4.78, 5) is 0. The Bertz CT molecular complexity index is 805. The van der Waals surface area contributed by atoms with Gasteiger partial charge in [-0.25, -0.2) is 0 Å². The topological polar surface area (TPSA) is 9.23 Å². The van der Waals surface area contributed by atoms with E-state index in [1.165, 1.54) is 64.2 Å². The molecule has 4 fully saturated rings. The lowest BCUT2D eigenvalue weighted by atomic mass is 9.33. The van der Waals surface area contributed by atoms with Gasteiger partial charge < -0.3 is 4.74 Å². The molecule has 0 amide bonds. The van der Waals surface area contributed by atoms with Gasteiger partial charge in [0.25, 0.3) is 0 Å². The van der Waals surface area contributed by atoms with Crippen LogP contribution in [0.4, 0.5) is 0 Å². The van der Waals surface area contributed by atoms with Gasteiger partial charge in [0.05, 0.1) is 6.10 Å². The molecule has 4 saturated carbocycles. The number of rotatable bonds is 1. The fourth-order valence-electron chi connectivity index (χ4n) is 10.9. The first-order valence-electron chi connectivity index (χ1n) is 14.0. The molecule has 0 heterocycles. The minimum atomic E-state index is 0.284. The Morgan fingerprint density at radius 1 is 0.781 bits per heavy atom. The van der Waals surface area contributed by atoms with Crippen LogP contribution in [0.2, 0.25) is 0 Å².